The van der Waals surface area contributed by atoms with E-state index in [-0.39, 0.29) is 55.8 Å². The molecule has 0 spiro atoms. The predicted molar refractivity (Wildman–Crippen MR) is 381 cm³/mol. The number of unbranched alkanes of at least 4 members (excludes halogenated alkanes) is 3. The van der Waals surface area contributed by atoms with E-state index in [1.54, 1.807) is 21.3 Å². The lowest BCUT2D eigenvalue weighted by molar-refractivity contribution is -0.132. The molecule has 18 nitrogen and oxygen atoms in total. The van der Waals surface area contributed by atoms with Gasteiger partial charge in [-0.15, -0.1) is 0 Å². The van der Waals surface area contributed by atoms with E-state index in [0.717, 1.165) is 88.6 Å². The number of rotatable bonds is 18. The molecule has 6 aromatic carbocycles. The number of carbonyl (C=O) groups is 6. The maximum absolute atomic E-state index is 13.9. The van der Waals surface area contributed by atoms with Gasteiger partial charge in [0.05, 0.1) is 21.3 Å². The summed E-state index contributed by atoms with van der Waals surface area (Å²) in [6.07, 6.45) is 5.70. The highest BCUT2D eigenvalue weighted by Crippen LogP contribution is 2.45. The van der Waals surface area contributed by atoms with E-state index in [0.29, 0.717) is 87.3 Å². The molecule has 6 N–H and O–H groups in total. The van der Waals surface area contributed by atoms with E-state index in [1.165, 1.54) is 20.8 Å². The summed E-state index contributed by atoms with van der Waals surface area (Å²) in [6, 6.07) is 22.2. The summed E-state index contributed by atoms with van der Waals surface area (Å²) in [5.74, 6) is 0.622. The highest BCUT2D eigenvalue weighted by atomic mass is 16.5. The summed E-state index contributed by atoms with van der Waals surface area (Å²) in [4.78, 5) is 82.7. The van der Waals surface area contributed by atoms with Gasteiger partial charge >= 0.3 is 36.0 Å². The Hall–Kier alpha value is -9.06. The molecule has 96 heavy (non-hydrogen) atoms. The van der Waals surface area contributed by atoms with Gasteiger partial charge in [-0.2, -0.15) is 0 Å². The zero-order valence-corrected chi connectivity index (χ0v) is 59.9. The molecule has 12 bridgehead atoms. The van der Waals surface area contributed by atoms with Crippen LogP contribution in [-0.4, -0.2) is 77.0 Å². The molecule has 0 atom stereocenters. The second-order valence-corrected chi connectivity index (χ2v) is 28.1. The molecule has 0 unspecified atom stereocenters. The van der Waals surface area contributed by atoms with Gasteiger partial charge in [-0.25, -0.2) is 14.4 Å². The van der Waals surface area contributed by atoms with Gasteiger partial charge in [-0.05, 0) is 122 Å². The number of hydrogen-bond acceptors (Lipinski definition) is 12. The minimum absolute atomic E-state index is 0.128. The van der Waals surface area contributed by atoms with Crippen LogP contribution in [0.15, 0.2) is 72.8 Å². The standard InChI is InChI=1S/C78H102N6O12/c1-19-22-25-79-73(88)82-64-40-55-28-49-34-61(76(7,8)9)36-51(67(49)91-16)30-57-42-65(83-74(89)80-26-23-20-2)44-59(71(57)95-47(5)86)32-53-38-63(78(13,14)15)39-54(69(53)93-18)33-60-45-66(84-75(90)81-27-24-21-3)43-58(72(60)96-48(6)87)31-52-37-62(77(10,11)12)35-50(68(52)92-17)29-56(41-64)70(55)94-46(4)85/h34-45H,19-33H2,1-18H3,(H2,79,82,88)(H2,80,83,89)(H2,81,84,90). The molecule has 0 heterocycles. The monoisotopic (exact) mass is 1310 g/mol. The van der Waals surface area contributed by atoms with E-state index in [2.05, 4.69) is 131 Å². The Morgan fingerprint density at radius 3 is 0.667 bits per heavy atom. The van der Waals surface area contributed by atoms with Gasteiger partial charge < -0.3 is 60.3 Å². The number of nitrogens with one attached hydrogen (secondary N) is 6. The molecular weight excluding hydrogens is 1210 g/mol. The van der Waals surface area contributed by atoms with Crippen LogP contribution in [0.4, 0.5) is 31.4 Å². The van der Waals surface area contributed by atoms with Crippen LogP contribution in [0.25, 0.3) is 0 Å². The van der Waals surface area contributed by atoms with Crippen LogP contribution in [0.1, 0.15) is 226 Å². The van der Waals surface area contributed by atoms with Crippen LogP contribution in [-0.2, 0) is 69.2 Å². The number of benzene rings is 6. The summed E-state index contributed by atoms with van der Waals surface area (Å²) in [5, 5.41) is 18.3. The van der Waals surface area contributed by atoms with Gasteiger partial charge in [0.25, 0.3) is 0 Å². The first kappa shape index (κ1) is 74.3. The van der Waals surface area contributed by atoms with E-state index in [1.807, 2.05) is 57.2 Å². The third-order valence-electron chi connectivity index (χ3n) is 16.9. The van der Waals surface area contributed by atoms with Gasteiger partial charge in [0.1, 0.15) is 34.5 Å². The number of urea groups is 3. The average Bonchev–Trinajstić information content (AvgIpc) is 0.776. The maximum Gasteiger partial charge on any atom is 0.319 e. The number of ether oxygens (including phenoxy) is 6. The van der Waals surface area contributed by atoms with Crippen LogP contribution in [0.5, 0.6) is 34.5 Å². The molecule has 1 aliphatic carbocycles. The van der Waals surface area contributed by atoms with Crippen molar-refractivity contribution < 1.29 is 57.2 Å². The van der Waals surface area contributed by atoms with Crippen molar-refractivity contribution in [2.75, 3.05) is 56.9 Å². The maximum atomic E-state index is 13.9. The largest absolute Gasteiger partial charge is 0.496 e. The van der Waals surface area contributed by atoms with Crippen molar-refractivity contribution in [2.24, 2.45) is 0 Å². The molecule has 0 aromatic heterocycles. The molecule has 0 saturated heterocycles. The number of fused-ring (bicyclic) bond motifs is 12. The Bertz CT molecular complexity index is 3310. The van der Waals surface area contributed by atoms with E-state index in [9.17, 15) is 28.8 Å². The van der Waals surface area contributed by atoms with Crippen LogP contribution in [0.3, 0.4) is 0 Å². The summed E-state index contributed by atoms with van der Waals surface area (Å²) >= 11 is 0. The van der Waals surface area contributed by atoms with Crippen LogP contribution in [0, 0.1) is 0 Å². The lowest BCUT2D eigenvalue weighted by Crippen LogP contribution is -2.29. The Morgan fingerprint density at radius 2 is 0.510 bits per heavy atom. The Labute approximate surface area is 568 Å². The first-order chi connectivity index (χ1) is 45.4. The van der Waals surface area contributed by atoms with Crippen LogP contribution in [0.2, 0.25) is 0 Å². The number of amides is 6. The van der Waals surface area contributed by atoms with Crippen LogP contribution >= 0.6 is 0 Å². The van der Waals surface area contributed by atoms with E-state index in [4.69, 9.17) is 28.4 Å². The minimum atomic E-state index is -0.572. The first-order valence-corrected chi connectivity index (χ1v) is 33.6. The van der Waals surface area contributed by atoms with Crippen molar-refractivity contribution in [3.05, 3.63) is 156 Å². The Morgan fingerprint density at radius 1 is 0.323 bits per heavy atom. The molecule has 0 radical (unpaired) electrons. The van der Waals surface area contributed by atoms with Gasteiger partial charge in [-0.3, -0.25) is 14.4 Å². The van der Waals surface area contributed by atoms with Crippen molar-refractivity contribution in [3.8, 4) is 34.5 Å². The Balaban J connectivity index is 1.68. The van der Waals surface area contributed by atoms with Gasteiger partial charge in [0, 0.05) is 129 Å². The summed E-state index contributed by atoms with van der Waals surface area (Å²) < 4.78 is 38.8. The molecule has 0 fully saturated rings. The normalized spacial score (nSPS) is 12.4. The molecule has 6 aromatic rings. The number of methoxy groups -OCH3 is 3. The minimum Gasteiger partial charge on any atom is -0.496 e. The second kappa shape index (κ2) is 32.6. The van der Waals surface area contributed by atoms with Crippen molar-refractivity contribution >= 4 is 53.1 Å². The molecule has 0 saturated carbocycles. The summed E-state index contributed by atoms with van der Waals surface area (Å²) in [7, 11) is 4.82. The molecule has 7 rings (SSSR count). The fourth-order valence-electron chi connectivity index (χ4n) is 12.1. The topological polar surface area (TPSA) is 230 Å². The lowest BCUT2D eigenvalue weighted by Gasteiger charge is -2.27. The summed E-state index contributed by atoms with van der Waals surface area (Å²) in [5.41, 5.74) is 10.5. The lowest BCUT2D eigenvalue weighted by atomic mass is 9.81. The van der Waals surface area contributed by atoms with Crippen molar-refractivity contribution in [1.29, 1.82) is 0 Å². The fraction of sp³-hybridized carbons (Fsp3) is 0.462. The molecule has 0 aliphatic heterocycles. The summed E-state index contributed by atoms with van der Waals surface area (Å²) in [6.45, 7) is 30.6. The van der Waals surface area contributed by atoms with Crippen LogP contribution < -0.4 is 60.3 Å². The third-order valence-corrected chi connectivity index (χ3v) is 16.9. The Kier molecular flexibility index (Phi) is 25.2. The number of carbonyl (C=O) groups excluding carboxylic acids is 6. The highest BCUT2D eigenvalue weighted by molar-refractivity contribution is 5.92. The van der Waals surface area contributed by atoms with Gasteiger partial charge in [-0.1, -0.05) is 139 Å². The predicted octanol–water partition coefficient (Wildman–Crippen LogP) is 16.0. The van der Waals surface area contributed by atoms with Crippen molar-refractivity contribution in [1.82, 2.24) is 16.0 Å². The molecule has 18 heteroatoms. The number of hydrogen-bond donors (Lipinski definition) is 6. The number of esters is 3. The fourth-order valence-corrected chi connectivity index (χ4v) is 12.1. The molecule has 516 valence electrons. The molecule has 1 aliphatic rings. The highest BCUT2D eigenvalue weighted by Gasteiger charge is 2.30. The second-order valence-electron chi connectivity index (χ2n) is 28.1. The smallest absolute Gasteiger partial charge is 0.319 e. The van der Waals surface area contributed by atoms with E-state index >= 15 is 0 Å². The zero-order chi connectivity index (χ0) is 70.4. The molecule has 6 amide bonds. The third kappa shape index (κ3) is 19.8. The van der Waals surface area contributed by atoms with E-state index < -0.39 is 52.2 Å². The zero-order valence-electron chi connectivity index (χ0n) is 59.9. The van der Waals surface area contributed by atoms with Gasteiger partial charge in [0.2, 0.25) is 0 Å². The average molecular weight is 1320 g/mol. The SMILES string of the molecule is CCCCNC(=O)Nc1cc2c(OC(C)=O)c(c1)Cc1cc(C(C)(C)C)cc(c1OC)Cc1cc(NC(=O)NCCCC)cc(c1OC(C)=O)Cc1cc(C(C)(C)C)cc(c1OC)Cc1cc(NC(=O)NCCCC)cc(c1OC(C)=O)Cc1cc(C(C)(C)C)cc(c1OC)C2. The van der Waals surface area contributed by atoms with Gasteiger partial charge in [0.15, 0.2) is 0 Å². The quantitative estimate of drug-likeness (QED) is 0.0268. The van der Waals surface area contributed by atoms with Crippen molar-refractivity contribution in [3.63, 3.8) is 0 Å². The van der Waals surface area contributed by atoms with Crippen molar-refractivity contribution in [2.45, 2.75) is 197 Å². The molecular formula is C78H102N6O12. The first-order valence-electron chi connectivity index (χ1n) is 33.6. The number of anilines is 3.